The predicted molar refractivity (Wildman–Crippen MR) is 81.1 cm³/mol. The summed E-state index contributed by atoms with van der Waals surface area (Å²) in [5, 5.41) is 0. The molecule has 2 N–H and O–H groups in total. The molecule has 2 rings (SSSR count). The summed E-state index contributed by atoms with van der Waals surface area (Å²) >= 11 is 0. The number of hydrogen-bond acceptors (Lipinski definition) is 3. The van der Waals surface area contributed by atoms with E-state index < -0.39 is 0 Å². The van der Waals surface area contributed by atoms with E-state index in [-0.39, 0.29) is 11.9 Å². The van der Waals surface area contributed by atoms with Gasteiger partial charge in [0.15, 0.2) is 0 Å². The Labute approximate surface area is 121 Å². The molecule has 2 atom stereocenters. The molecule has 0 aliphatic carbocycles. The minimum Gasteiger partial charge on any atom is -0.329 e. The van der Waals surface area contributed by atoms with Crippen LogP contribution in [0, 0.1) is 5.82 Å². The standard InChI is InChI=1S/C16H26FN3/c1-3-13(2)19-8-10-20(11-9-19)16(12-18)14-6-4-5-7-15(14)17/h4-7,13,16H,3,8-12,18H2,1-2H3. The zero-order chi connectivity index (χ0) is 14.5. The number of nitrogens with zero attached hydrogens (tertiary/aromatic N) is 2. The maximum atomic E-state index is 13.9. The van der Waals surface area contributed by atoms with Crippen LogP contribution in [0.2, 0.25) is 0 Å². The molecule has 0 radical (unpaired) electrons. The van der Waals surface area contributed by atoms with Crippen LogP contribution in [0.1, 0.15) is 31.9 Å². The van der Waals surface area contributed by atoms with Crippen LogP contribution in [0.3, 0.4) is 0 Å². The zero-order valence-electron chi connectivity index (χ0n) is 12.6. The van der Waals surface area contributed by atoms with Gasteiger partial charge in [-0.15, -0.1) is 0 Å². The quantitative estimate of drug-likeness (QED) is 0.897. The van der Waals surface area contributed by atoms with E-state index in [0.717, 1.165) is 31.7 Å². The van der Waals surface area contributed by atoms with E-state index >= 15 is 0 Å². The third-order valence-electron chi connectivity index (χ3n) is 4.49. The maximum Gasteiger partial charge on any atom is 0.128 e. The third kappa shape index (κ3) is 3.37. The van der Waals surface area contributed by atoms with Gasteiger partial charge in [-0.2, -0.15) is 0 Å². The lowest BCUT2D eigenvalue weighted by molar-refractivity contribution is 0.0733. The van der Waals surface area contributed by atoms with Crippen molar-refractivity contribution >= 4 is 0 Å². The number of rotatable bonds is 5. The minimum atomic E-state index is -0.146. The first-order chi connectivity index (χ1) is 9.67. The molecule has 1 saturated heterocycles. The van der Waals surface area contributed by atoms with E-state index in [2.05, 4.69) is 23.6 Å². The van der Waals surface area contributed by atoms with Crippen molar-refractivity contribution < 1.29 is 4.39 Å². The van der Waals surface area contributed by atoms with E-state index in [1.54, 1.807) is 6.07 Å². The molecule has 2 unspecified atom stereocenters. The Balaban J connectivity index is 2.03. The van der Waals surface area contributed by atoms with Gasteiger partial charge < -0.3 is 5.73 Å². The lowest BCUT2D eigenvalue weighted by Gasteiger charge is -2.41. The van der Waals surface area contributed by atoms with E-state index in [9.17, 15) is 4.39 Å². The van der Waals surface area contributed by atoms with Crippen molar-refractivity contribution in [2.75, 3.05) is 32.7 Å². The highest BCUT2D eigenvalue weighted by molar-refractivity contribution is 5.21. The van der Waals surface area contributed by atoms with Crippen LogP contribution < -0.4 is 5.73 Å². The monoisotopic (exact) mass is 279 g/mol. The average molecular weight is 279 g/mol. The number of nitrogens with two attached hydrogens (primary N) is 1. The smallest absolute Gasteiger partial charge is 0.128 e. The van der Waals surface area contributed by atoms with E-state index in [0.29, 0.717) is 12.6 Å². The second-order valence-electron chi connectivity index (χ2n) is 5.60. The summed E-state index contributed by atoms with van der Waals surface area (Å²) in [5.41, 5.74) is 6.63. The molecule has 4 heteroatoms. The number of halogens is 1. The highest BCUT2D eigenvalue weighted by Gasteiger charge is 2.26. The van der Waals surface area contributed by atoms with Gasteiger partial charge in [-0.1, -0.05) is 25.1 Å². The van der Waals surface area contributed by atoms with Crippen LogP contribution in [-0.2, 0) is 0 Å². The molecule has 1 aromatic carbocycles. The second kappa shape index (κ2) is 7.16. The Kier molecular flexibility index (Phi) is 5.52. The molecule has 0 aromatic heterocycles. The van der Waals surface area contributed by atoms with Crippen molar-refractivity contribution in [2.24, 2.45) is 5.73 Å². The molecular weight excluding hydrogens is 253 g/mol. The molecular formula is C16H26FN3. The van der Waals surface area contributed by atoms with Gasteiger partial charge in [0.2, 0.25) is 0 Å². The summed E-state index contributed by atoms with van der Waals surface area (Å²) in [7, 11) is 0. The van der Waals surface area contributed by atoms with Crippen LogP contribution in [0.5, 0.6) is 0 Å². The normalized spacial score (nSPS) is 20.8. The largest absolute Gasteiger partial charge is 0.329 e. The first-order valence-electron chi connectivity index (χ1n) is 7.60. The zero-order valence-corrected chi connectivity index (χ0v) is 12.6. The van der Waals surface area contributed by atoms with Gasteiger partial charge >= 0.3 is 0 Å². The Morgan fingerprint density at radius 3 is 2.30 bits per heavy atom. The van der Waals surface area contributed by atoms with Crippen molar-refractivity contribution in [1.82, 2.24) is 9.80 Å². The summed E-state index contributed by atoms with van der Waals surface area (Å²) in [4.78, 5) is 4.82. The van der Waals surface area contributed by atoms with E-state index in [1.807, 2.05) is 12.1 Å². The molecule has 0 amide bonds. The maximum absolute atomic E-state index is 13.9. The second-order valence-corrected chi connectivity index (χ2v) is 5.60. The number of hydrogen-bond donors (Lipinski definition) is 1. The minimum absolute atomic E-state index is 0.00437. The molecule has 1 heterocycles. The van der Waals surface area contributed by atoms with Gasteiger partial charge in [-0.3, -0.25) is 9.80 Å². The Hall–Kier alpha value is -0.970. The van der Waals surface area contributed by atoms with Gasteiger partial charge in [0.05, 0.1) is 6.04 Å². The molecule has 112 valence electrons. The van der Waals surface area contributed by atoms with Crippen molar-refractivity contribution in [1.29, 1.82) is 0 Å². The van der Waals surface area contributed by atoms with Crippen LogP contribution in [-0.4, -0.2) is 48.6 Å². The van der Waals surface area contributed by atoms with Crippen LogP contribution in [0.15, 0.2) is 24.3 Å². The van der Waals surface area contributed by atoms with Gasteiger partial charge in [-0.05, 0) is 19.4 Å². The van der Waals surface area contributed by atoms with Gasteiger partial charge in [0.1, 0.15) is 5.82 Å². The van der Waals surface area contributed by atoms with Crippen molar-refractivity contribution in [3.63, 3.8) is 0 Å². The lowest BCUT2D eigenvalue weighted by Crippen LogP contribution is -2.51. The first kappa shape index (κ1) is 15.4. The Morgan fingerprint density at radius 1 is 1.15 bits per heavy atom. The molecule has 1 aliphatic rings. The van der Waals surface area contributed by atoms with Gasteiger partial charge in [0, 0.05) is 44.3 Å². The molecule has 0 spiro atoms. The van der Waals surface area contributed by atoms with E-state index in [1.165, 1.54) is 12.5 Å². The number of benzene rings is 1. The fraction of sp³-hybridized carbons (Fsp3) is 0.625. The molecule has 20 heavy (non-hydrogen) atoms. The van der Waals surface area contributed by atoms with Crippen molar-refractivity contribution in [3.8, 4) is 0 Å². The van der Waals surface area contributed by atoms with Crippen LogP contribution in [0.25, 0.3) is 0 Å². The molecule has 3 nitrogen and oxygen atoms in total. The van der Waals surface area contributed by atoms with Crippen LogP contribution in [0.4, 0.5) is 4.39 Å². The van der Waals surface area contributed by atoms with Gasteiger partial charge in [0.25, 0.3) is 0 Å². The van der Waals surface area contributed by atoms with Gasteiger partial charge in [-0.25, -0.2) is 4.39 Å². The van der Waals surface area contributed by atoms with Crippen LogP contribution >= 0.6 is 0 Å². The molecule has 1 aromatic rings. The topological polar surface area (TPSA) is 32.5 Å². The molecule has 0 bridgehead atoms. The Morgan fingerprint density at radius 2 is 1.75 bits per heavy atom. The summed E-state index contributed by atoms with van der Waals surface area (Å²) in [5.74, 6) is -0.146. The number of piperazine rings is 1. The third-order valence-corrected chi connectivity index (χ3v) is 4.49. The van der Waals surface area contributed by atoms with Crippen molar-refractivity contribution in [3.05, 3.63) is 35.6 Å². The highest BCUT2D eigenvalue weighted by Crippen LogP contribution is 2.24. The molecule has 1 fully saturated rings. The molecule has 1 aliphatic heterocycles. The Bertz CT molecular complexity index is 416. The fourth-order valence-corrected chi connectivity index (χ4v) is 2.97. The summed E-state index contributed by atoms with van der Waals surface area (Å²) in [6.45, 7) is 8.96. The predicted octanol–water partition coefficient (Wildman–Crippen LogP) is 2.24. The first-order valence-corrected chi connectivity index (χ1v) is 7.60. The van der Waals surface area contributed by atoms with Crippen molar-refractivity contribution in [2.45, 2.75) is 32.4 Å². The molecule has 0 saturated carbocycles. The fourth-order valence-electron chi connectivity index (χ4n) is 2.97. The summed E-state index contributed by atoms with van der Waals surface area (Å²) in [6.07, 6.45) is 1.17. The summed E-state index contributed by atoms with van der Waals surface area (Å²) in [6, 6.07) is 7.61. The highest BCUT2D eigenvalue weighted by atomic mass is 19.1. The average Bonchev–Trinajstić information content (AvgIpc) is 2.50. The van der Waals surface area contributed by atoms with E-state index in [4.69, 9.17) is 5.73 Å². The SMILES string of the molecule is CCC(C)N1CCN(C(CN)c2ccccc2F)CC1. The summed E-state index contributed by atoms with van der Waals surface area (Å²) < 4.78 is 13.9. The lowest BCUT2D eigenvalue weighted by atomic mass is 10.0.